The molecule has 0 unspecified atom stereocenters. The molecule has 0 aromatic heterocycles. The maximum Gasteiger partial charge on any atom is 0.534 e. The van der Waals surface area contributed by atoms with Crippen molar-refractivity contribution in [1.29, 1.82) is 0 Å². The molecule has 0 spiro atoms. The van der Waals surface area contributed by atoms with Gasteiger partial charge in [0.1, 0.15) is 5.75 Å². The molecule has 0 aliphatic heterocycles. The van der Waals surface area contributed by atoms with Crippen LogP contribution in [0, 0.1) is 0 Å². The normalized spacial score (nSPS) is 12.9. The van der Waals surface area contributed by atoms with Gasteiger partial charge in [-0.15, -0.1) is 0 Å². The summed E-state index contributed by atoms with van der Waals surface area (Å²) in [5.41, 5.74) is -3.99. The second kappa shape index (κ2) is 5.88. The van der Waals surface area contributed by atoms with Gasteiger partial charge < -0.3 is 4.18 Å². The summed E-state index contributed by atoms with van der Waals surface area (Å²) >= 11 is 0. The van der Waals surface area contributed by atoms with Crippen molar-refractivity contribution < 1.29 is 25.8 Å². The minimum absolute atomic E-state index is 0.380. The lowest BCUT2D eigenvalue weighted by Gasteiger charge is -2.26. The van der Waals surface area contributed by atoms with Crippen molar-refractivity contribution in [3.63, 3.8) is 0 Å². The molecule has 23 heavy (non-hydrogen) atoms. The molecule has 0 N–H and O–H groups in total. The zero-order valence-corrected chi connectivity index (χ0v) is 13.3. The molecule has 0 saturated heterocycles. The molecule has 0 bridgehead atoms. The predicted molar refractivity (Wildman–Crippen MR) is 80.6 cm³/mol. The molecule has 0 saturated carbocycles. The molecular weight excluding hydrogens is 329 g/mol. The fourth-order valence-corrected chi connectivity index (χ4v) is 2.58. The van der Waals surface area contributed by atoms with Gasteiger partial charge in [0.2, 0.25) is 0 Å². The van der Waals surface area contributed by atoms with Gasteiger partial charge in [0.25, 0.3) is 0 Å². The van der Waals surface area contributed by atoms with Gasteiger partial charge in [0, 0.05) is 5.41 Å². The number of alkyl halides is 3. The smallest absolute Gasteiger partial charge is 0.376 e. The molecule has 0 radical (unpaired) electrons. The topological polar surface area (TPSA) is 43.4 Å². The number of hydrogen-bond donors (Lipinski definition) is 0. The van der Waals surface area contributed by atoms with Gasteiger partial charge in [0.15, 0.2) is 0 Å². The summed E-state index contributed by atoms with van der Waals surface area (Å²) < 4.78 is 62.9. The van der Waals surface area contributed by atoms with Crippen molar-refractivity contribution in [1.82, 2.24) is 0 Å². The number of benzene rings is 2. The highest BCUT2D eigenvalue weighted by atomic mass is 32.2. The quantitative estimate of drug-likeness (QED) is 0.615. The zero-order valence-electron chi connectivity index (χ0n) is 12.5. The van der Waals surface area contributed by atoms with Crippen molar-refractivity contribution >= 4 is 10.1 Å². The van der Waals surface area contributed by atoms with E-state index < -0.39 is 15.6 Å². The molecular formula is C16H15F3O3S. The molecule has 0 amide bonds. The second-order valence-corrected chi connectivity index (χ2v) is 7.04. The molecule has 0 aliphatic carbocycles. The predicted octanol–water partition coefficient (Wildman–Crippen LogP) is 4.24. The third-order valence-electron chi connectivity index (χ3n) is 3.56. The Balaban J connectivity index is 2.27. The molecule has 2 rings (SSSR count). The van der Waals surface area contributed by atoms with Gasteiger partial charge in [-0.25, -0.2) is 0 Å². The number of rotatable bonds is 4. The Hall–Kier alpha value is -2.02. The largest absolute Gasteiger partial charge is 0.534 e. The Morgan fingerprint density at radius 1 is 0.826 bits per heavy atom. The highest BCUT2D eigenvalue weighted by Gasteiger charge is 2.48. The lowest BCUT2D eigenvalue weighted by atomic mass is 9.78. The van der Waals surface area contributed by atoms with Gasteiger partial charge in [-0.2, -0.15) is 21.6 Å². The van der Waals surface area contributed by atoms with Crippen LogP contribution < -0.4 is 4.18 Å². The Morgan fingerprint density at radius 3 is 1.78 bits per heavy atom. The van der Waals surface area contributed by atoms with Crippen LogP contribution in [0.15, 0.2) is 54.6 Å². The van der Waals surface area contributed by atoms with Crippen LogP contribution in [0.25, 0.3) is 0 Å². The fourth-order valence-electron chi connectivity index (χ4n) is 2.12. The molecule has 2 aromatic rings. The van der Waals surface area contributed by atoms with Crippen molar-refractivity contribution in [2.45, 2.75) is 24.8 Å². The average molecular weight is 344 g/mol. The van der Waals surface area contributed by atoms with E-state index in [0.717, 1.165) is 11.1 Å². The van der Waals surface area contributed by atoms with Crippen LogP contribution in [-0.2, 0) is 15.5 Å². The summed E-state index contributed by atoms with van der Waals surface area (Å²) in [6.45, 7) is 3.93. The molecule has 0 fully saturated rings. The van der Waals surface area contributed by atoms with Crippen LogP contribution in [-0.4, -0.2) is 13.9 Å². The minimum atomic E-state index is -5.65. The van der Waals surface area contributed by atoms with Gasteiger partial charge in [-0.1, -0.05) is 56.3 Å². The van der Waals surface area contributed by atoms with E-state index >= 15 is 0 Å². The second-order valence-electron chi connectivity index (χ2n) is 5.50. The fraction of sp³-hybridized carbons (Fsp3) is 0.250. The van der Waals surface area contributed by atoms with Crippen molar-refractivity contribution in [2.75, 3.05) is 0 Å². The van der Waals surface area contributed by atoms with Crippen LogP contribution in [0.3, 0.4) is 0 Å². The van der Waals surface area contributed by atoms with Crippen LogP contribution >= 0.6 is 0 Å². The third-order valence-corrected chi connectivity index (χ3v) is 4.54. The summed E-state index contributed by atoms with van der Waals surface area (Å²) in [5.74, 6) is -0.380. The van der Waals surface area contributed by atoms with E-state index in [0.29, 0.717) is 0 Å². The maximum atomic E-state index is 12.3. The van der Waals surface area contributed by atoms with Gasteiger partial charge in [-0.3, -0.25) is 0 Å². The van der Waals surface area contributed by atoms with E-state index in [-0.39, 0.29) is 11.2 Å². The lowest BCUT2D eigenvalue weighted by Crippen LogP contribution is -2.28. The van der Waals surface area contributed by atoms with E-state index in [1.165, 1.54) is 12.1 Å². The number of halogens is 3. The van der Waals surface area contributed by atoms with Crippen LogP contribution in [0.1, 0.15) is 25.0 Å². The van der Waals surface area contributed by atoms with Crippen LogP contribution in [0.5, 0.6) is 5.75 Å². The van der Waals surface area contributed by atoms with Gasteiger partial charge in [-0.05, 0) is 23.3 Å². The summed E-state index contributed by atoms with van der Waals surface area (Å²) in [6.07, 6.45) is 0. The summed E-state index contributed by atoms with van der Waals surface area (Å²) in [6, 6.07) is 15.1. The third kappa shape index (κ3) is 3.67. The molecule has 0 atom stereocenters. The van der Waals surface area contributed by atoms with Crippen LogP contribution in [0.2, 0.25) is 0 Å². The highest BCUT2D eigenvalue weighted by Crippen LogP contribution is 2.33. The van der Waals surface area contributed by atoms with E-state index in [1.807, 2.05) is 44.2 Å². The molecule has 0 heterocycles. The summed E-state index contributed by atoms with van der Waals surface area (Å²) in [4.78, 5) is 0. The molecule has 124 valence electrons. The Morgan fingerprint density at radius 2 is 1.30 bits per heavy atom. The Kier molecular flexibility index (Phi) is 4.43. The minimum Gasteiger partial charge on any atom is -0.376 e. The van der Waals surface area contributed by atoms with E-state index in [1.54, 1.807) is 12.1 Å². The molecule has 2 aromatic carbocycles. The van der Waals surface area contributed by atoms with Crippen molar-refractivity contribution in [2.24, 2.45) is 0 Å². The number of hydrogen-bond acceptors (Lipinski definition) is 3. The first-order chi connectivity index (χ1) is 10.5. The SMILES string of the molecule is CC(C)(c1ccccc1)c1ccc(OS(=O)(=O)C(F)(F)F)cc1. The first-order valence-electron chi connectivity index (χ1n) is 6.71. The lowest BCUT2D eigenvalue weighted by molar-refractivity contribution is -0.0500. The monoisotopic (exact) mass is 344 g/mol. The van der Waals surface area contributed by atoms with E-state index in [4.69, 9.17) is 0 Å². The first kappa shape index (κ1) is 17.3. The maximum absolute atomic E-state index is 12.3. The average Bonchev–Trinajstić information content (AvgIpc) is 2.47. The first-order valence-corrected chi connectivity index (χ1v) is 8.12. The Bertz CT molecular complexity index is 764. The van der Waals surface area contributed by atoms with Crippen molar-refractivity contribution in [3.05, 3.63) is 65.7 Å². The highest BCUT2D eigenvalue weighted by molar-refractivity contribution is 7.87. The molecule has 0 aliphatic rings. The van der Waals surface area contributed by atoms with E-state index in [2.05, 4.69) is 4.18 Å². The zero-order chi connectivity index (χ0) is 17.3. The standard InChI is InChI=1S/C16H15F3O3S/c1-15(2,12-6-4-3-5-7-12)13-8-10-14(11-9-13)22-23(20,21)16(17,18)19/h3-11H,1-2H3. The van der Waals surface area contributed by atoms with Crippen molar-refractivity contribution in [3.8, 4) is 5.75 Å². The van der Waals surface area contributed by atoms with Gasteiger partial charge in [0.05, 0.1) is 0 Å². The summed E-state index contributed by atoms with van der Waals surface area (Å²) in [7, 11) is -5.65. The molecule has 3 nitrogen and oxygen atoms in total. The van der Waals surface area contributed by atoms with Crippen LogP contribution in [0.4, 0.5) is 13.2 Å². The van der Waals surface area contributed by atoms with Gasteiger partial charge >= 0.3 is 15.6 Å². The Labute approximate surface area is 132 Å². The summed E-state index contributed by atoms with van der Waals surface area (Å²) in [5, 5.41) is 0. The molecule has 7 heteroatoms. The van der Waals surface area contributed by atoms with E-state index in [9.17, 15) is 21.6 Å².